The van der Waals surface area contributed by atoms with Gasteiger partial charge in [-0.25, -0.2) is 0 Å². The summed E-state index contributed by atoms with van der Waals surface area (Å²) in [5.74, 6) is 0. The fourth-order valence-corrected chi connectivity index (χ4v) is 1.90. The van der Waals surface area contributed by atoms with Crippen LogP contribution in [0.15, 0.2) is 42.0 Å². The summed E-state index contributed by atoms with van der Waals surface area (Å²) in [6, 6.07) is 11.1. The molecular formula is C14H13NO2. The van der Waals surface area contributed by atoms with Crippen molar-refractivity contribution in [2.75, 3.05) is 0 Å². The molecule has 0 heterocycles. The molecule has 0 radical (unpaired) electrons. The van der Waals surface area contributed by atoms with Gasteiger partial charge in [0.15, 0.2) is 0 Å². The van der Waals surface area contributed by atoms with Gasteiger partial charge >= 0.3 is 0 Å². The fourth-order valence-electron chi connectivity index (χ4n) is 1.90. The van der Waals surface area contributed by atoms with Crippen LogP contribution in [0.4, 0.5) is 5.69 Å². The summed E-state index contributed by atoms with van der Waals surface area (Å²) >= 11 is 0. The third kappa shape index (κ3) is 2.18. The largest absolute Gasteiger partial charge is 0.284 e. The molecule has 0 aliphatic carbocycles. The van der Waals surface area contributed by atoms with Crippen LogP contribution >= 0.6 is 0 Å². The fraction of sp³-hybridized carbons (Fsp3) is 0.143. The van der Waals surface area contributed by atoms with Crippen LogP contribution in [0.25, 0.3) is 16.8 Å². The molecule has 2 aromatic carbocycles. The zero-order valence-electron chi connectivity index (χ0n) is 9.81. The lowest BCUT2D eigenvalue weighted by Crippen LogP contribution is -1.93. The van der Waals surface area contributed by atoms with E-state index in [1.54, 1.807) is 12.1 Å². The molecule has 0 N–H and O–H groups in total. The van der Waals surface area contributed by atoms with Gasteiger partial charge in [-0.3, -0.25) is 10.1 Å². The van der Waals surface area contributed by atoms with Gasteiger partial charge in [0.25, 0.3) is 5.69 Å². The van der Waals surface area contributed by atoms with Crippen LogP contribution < -0.4 is 0 Å². The van der Waals surface area contributed by atoms with Gasteiger partial charge in [0.1, 0.15) is 0 Å². The molecule has 3 nitrogen and oxygen atoms in total. The highest BCUT2D eigenvalue weighted by Crippen LogP contribution is 2.30. The van der Waals surface area contributed by atoms with E-state index < -0.39 is 0 Å². The van der Waals surface area contributed by atoms with Crippen LogP contribution in [-0.4, -0.2) is 4.92 Å². The Morgan fingerprint density at radius 1 is 1.18 bits per heavy atom. The molecule has 0 fully saturated rings. The summed E-state index contributed by atoms with van der Waals surface area (Å²) in [6.45, 7) is 3.86. The number of hydrogen-bond acceptors (Lipinski definition) is 2. The molecule has 0 aromatic heterocycles. The third-order valence-electron chi connectivity index (χ3n) is 2.56. The molecule has 0 aliphatic heterocycles. The number of rotatable bonds is 2. The van der Waals surface area contributed by atoms with Gasteiger partial charge in [-0.15, -0.1) is 0 Å². The maximum absolute atomic E-state index is 11.2. The molecule has 0 unspecified atom stereocenters. The van der Waals surface area contributed by atoms with E-state index >= 15 is 0 Å². The quantitative estimate of drug-likeness (QED) is 0.570. The molecule has 86 valence electrons. The molecule has 3 heteroatoms. The smallest absolute Gasteiger partial charge is 0.258 e. The maximum atomic E-state index is 11.2. The van der Waals surface area contributed by atoms with E-state index in [9.17, 15) is 10.1 Å². The average Bonchev–Trinajstić information content (AvgIpc) is 2.27. The minimum absolute atomic E-state index is 0.185. The second-order valence-corrected chi connectivity index (χ2v) is 4.20. The van der Waals surface area contributed by atoms with E-state index in [4.69, 9.17) is 0 Å². The first-order chi connectivity index (χ1) is 8.09. The Hall–Kier alpha value is -2.16. The van der Waals surface area contributed by atoms with Crippen LogP contribution in [0.3, 0.4) is 0 Å². The molecule has 2 rings (SSSR count). The predicted molar refractivity (Wildman–Crippen MR) is 69.9 cm³/mol. The highest BCUT2D eigenvalue weighted by atomic mass is 16.6. The molecule has 0 bridgehead atoms. The van der Waals surface area contributed by atoms with Crippen molar-refractivity contribution in [2.24, 2.45) is 0 Å². The van der Waals surface area contributed by atoms with Crippen LogP contribution in [0.1, 0.15) is 19.4 Å². The zero-order valence-corrected chi connectivity index (χ0v) is 9.81. The first kappa shape index (κ1) is 11.3. The van der Waals surface area contributed by atoms with E-state index in [1.807, 2.05) is 44.2 Å². The van der Waals surface area contributed by atoms with Gasteiger partial charge in [-0.1, -0.05) is 29.8 Å². The Bertz CT molecular complexity index is 611. The second-order valence-electron chi connectivity index (χ2n) is 4.20. The number of nitro benzene ring substituents is 1. The van der Waals surface area contributed by atoms with E-state index in [1.165, 1.54) is 0 Å². The summed E-state index contributed by atoms with van der Waals surface area (Å²) in [4.78, 5) is 10.9. The molecular weight excluding hydrogens is 214 g/mol. The Labute approximate surface area is 99.5 Å². The second kappa shape index (κ2) is 4.37. The summed E-state index contributed by atoms with van der Waals surface area (Å²) in [5.41, 5.74) is 1.89. The molecule has 0 spiro atoms. The van der Waals surface area contributed by atoms with Gasteiger partial charge in [-0.2, -0.15) is 0 Å². The monoisotopic (exact) mass is 227 g/mol. The molecule has 0 saturated heterocycles. The first-order valence-corrected chi connectivity index (χ1v) is 5.40. The lowest BCUT2D eigenvalue weighted by molar-refractivity contribution is -0.383. The number of nitro groups is 1. The number of fused-ring (bicyclic) bond motifs is 1. The van der Waals surface area contributed by atoms with E-state index in [-0.39, 0.29) is 10.6 Å². The SMILES string of the molecule is CC(C)=Cc1ccc2ccccc2c1[N+](=O)[O-]. The van der Waals surface area contributed by atoms with Crippen LogP contribution in [0, 0.1) is 10.1 Å². The molecule has 0 aliphatic rings. The van der Waals surface area contributed by atoms with Gasteiger partial charge in [0.2, 0.25) is 0 Å². The van der Waals surface area contributed by atoms with Crippen molar-refractivity contribution in [3.05, 3.63) is 57.6 Å². The Balaban J connectivity index is 2.82. The van der Waals surface area contributed by atoms with Gasteiger partial charge in [0.05, 0.1) is 15.9 Å². The van der Waals surface area contributed by atoms with Crippen molar-refractivity contribution in [1.82, 2.24) is 0 Å². The minimum Gasteiger partial charge on any atom is -0.258 e. The molecule has 2 aromatic rings. The number of allylic oxidation sites excluding steroid dienone is 1. The Kier molecular flexibility index (Phi) is 2.91. The van der Waals surface area contributed by atoms with E-state index in [2.05, 4.69) is 0 Å². The van der Waals surface area contributed by atoms with Gasteiger partial charge < -0.3 is 0 Å². The van der Waals surface area contributed by atoms with Crippen molar-refractivity contribution in [1.29, 1.82) is 0 Å². The number of hydrogen-bond donors (Lipinski definition) is 0. The van der Waals surface area contributed by atoms with Gasteiger partial charge in [0, 0.05) is 0 Å². The normalized spacial score (nSPS) is 10.2. The lowest BCUT2D eigenvalue weighted by Gasteiger charge is -2.03. The number of nitrogens with zero attached hydrogens (tertiary/aromatic N) is 1. The zero-order chi connectivity index (χ0) is 12.4. The molecule has 17 heavy (non-hydrogen) atoms. The lowest BCUT2D eigenvalue weighted by atomic mass is 10.0. The molecule has 0 saturated carbocycles. The molecule has 0 atom stereocenters. The van der Waals surface area contributed by atoms with Crippen molar-refractivity contribution in [3.63, 3.8) is 0 Å². The van der Waals surface area contributed by atoms with Crippen LogP contribution in [0.2, 0.25) is 0 Å². The van der Waals surface area contributed by atoms with Gasteiger partial charge in [-0.05, 0) is 37.4 Å². The van der Waals surface area contributed by atoms with Crippen LogP contribution in [0.5, 0.6) is 0 Å². The summed E-state index contributed by atoms with van der Waals surface area (Å²) in [5, 5.41) is 12.8. The van der Waals surface area contributed by atoms with Crippen molar-refractivity contribution in [3.8, 4) is 0 Å². The summed E-state index contributed by atoms with van der Waals surface area (Å²) in [6.07, 6.45) is 1.84. The summed E-state index contributed by atoms with van der Waals surface area (Å²) in [7, 11) is 0. The Morgan fingerprint density at radius 3 is 2.53 bits per heavy atom. The summed E-state index contributed by atoms with van der Waals surface area (Å²) < 4.78 is 0. The first-order valence-electron chi connectivity index (χ1n) is 5.40. The van der Waals surface area contributed by atoms with Crippen molar-refractivity contribution >= 4 is 22.5 Å². The highest BCUT2D eigenvalue weighted by molar-refractivity contribution is 5.94. The molecule has 0 amide bonds. The minimum atomic E-state index is -0.308. The third-order valence-corrected chi connectivity index (χ3v) is 2.56. The highest BCUT2D eigenvalue weighted by Gasteiger charge is 2.16. The Morgan fingerprint density at radius 2 is 1.88 bits per heavy atom. The maximum Gasteiger partial charge on any atom is 0.284 e. The van der Waals surface area contributed by atoms with Crippen molar-refractivity contribution in [2.45, 2.75) is 13.8 Å². The van der Waals surface area contributed by atoms with E-state index in [0.29, 0.717) is 10.9 Å². The van der Waals surface area contributed by atoms with E-state index in [0.717, 1.165) is 11.0 Å². The van der Waals surface area contributed by atoms with Crippen LogP contribution in [-0.2, 0) is 0 Å². The standard InChI is InChI=1S/C14H13NO2/c1-10(2)9-12-8-7-11-5-3-4-6-13(11)14(12)15(16)17/h3-9H,1-2H3. The van der Waals surface area contributed by atoms with Crippen molar-refractivity contribution < 1.29 is 4.92 Å². The average molecular weight is 227 g/mol. The topological polar surface area (TPSA) is 43.1 Å². The number of benzene rings is 2. The predicted octanol–water partition coefficient (Wildman–Crippen LogP) is 4.17.